The zero-order chi connectivity index (χ0) is 22.4. The zero-order valence-corrected chi connectivity index (χ0v) is 18.7. The van der Waals surface area contributed by atoms with E-state index in [2.05, 4.69) is 20.9 Å². The number of benzene rings is 2. The van der Waals surface area contributed by atoms with Crippen LogP contribution < -0.4 is 4.90 Å². The van der Waals surface area contributed by atoms with Crippen molar-refractivity contribution in [1.82, 2.24) is 4.98 Å². The van der Waals surface area contributed by atoms with Crippen LogP contribution in [0.25, 0.3) is 11.0 Å². The monoisotopic (exact) mass is 508 g/mol. The van der Waals surface area contributed by atoms with Crippen molar-refractivity contribution in [3.8, 4) is 0 Å². The summed E-state index contributed by atoms with van der Waals surface area (Å²) in [7, 11) is 0. The Labute approximate surface area is 195 Å². The Kier molecular flexibility index (Phi) is 5.07. The molecule has 1 aliphatic heterocycles. The minimum absolute atomic E-state index is 0.00626. The van der Waals surface area contributed by atoms with Gasteiger partial charge in [-0.15, -0.1) is 0 Å². The van der Waals surface area contributed by atoms with E-state index in [0.717, 1.165) is 4.47 Å². The van der Waals surface area contributed by atoms with Crippen molar-refractivity contribution in [2.75, 3.05) is 4.90 Å². The van der Waals surface area contributed by atoms with E-state index in [4.69, 9.17) is 16.0 Å². The van der Waals surface area contributed by atoms with Gasteiger partial charge >= 0.3 is 0 Å². The molecule has 0 saturated heterocycles. The highest BCUT2D eigenvalue weighted by atomic mass is 79.9. The van der Waals surface area contributed by atoms with Crippen LogP contribution in [-0.2, 0) is 4.79 Å². The van der Waals surface area contributed by atoms with Crippen LogP contribution in [0.2, 0.25) is 5.02 Å². The van der Waals surface area contributed by atoms with Crippen LogP contribution >= 0.6 is 27.5 Å². The lowest BCUT2D eigenvalue weighted by Gasteiger charge is -2.26. The molecule has 5 rings (SSSR count). The van der Waals surface area contributed by atoms with Gasteiger partial charge in [0.2, 0.25) is 5.78 Å². The number of halogens is 2. The number of hydrogen-bond donors (Lipinski definition) is 1. The second-order valence-corrected chi connectivity index (χ2v) is 8.57. The first kappa shape index (κ1) is 20.5. The number of pyridine rings is 1. The molecule has 0 saturated carbocycles. The van der Waals surface area contributed by atoms with Crippen LogP contribution in [0.15, 0.2) is 93.3 Å². The van der Waals surface area contributed by atoms with Gasteiger partial charge in [-0.3, -0.25) is 19.5 Å². The minimum Gasteiger partial charge on any atom is -0.503 e. The fourth-order valence-electron chi connectivity index (χ4n) is 3.85. The fourth-order valence-corrected chi connectivity index (χ4v) is 4.42. The molecule has 1 N–H and O–H groups in total. The first-order chi connectivity index (χ1) is 15.4. The number of aliphatic hydroxyl groups excluding tert-OH is 1. The van der Waals surface area contributed by atoms with Crippen molar-refractivity contribution in [1.29, 1.82) is 0 Å². The number of anilines is 1. The molecule has 0 radical (unpaired) electrons. The first-order valence-corrected chi connectivity index (χ1v) is 10.8. The molecule has 0 bridgehead atoms. The van der Waals surface area contributed by atoms with Gasteiger partial charge in [-0.05, 0) is 60.2 Å². The minimum atomic E-state index is -0.857. The molecule has 2 aromatic carbocycles. The second-order valence-electron chi connectivity index (χ2n) is 7.22. The van der Waals surface area contributed by atoms with Gasteiger partial charge in [0.25, 0.3) is 5.91 Å². The van der Waals surface area contributed by atoms with Gasteiger partial charge in [0, 0.05) is 33.0 Å². The molecule has 6 nitrogen and oxygen atoms in total. The number of fused-ring (bicyclic) bond motifs is 1. The van der Waals surface area contributed by atoms with Crippen LogP contribution in [0, 0.1) is 0 Å². The summed E-state index contributed by atoms with van der Waals surface area (Å²) in [6, 6.07) is 16.2. The summed E-state index contributed by atoms with van der Waals surface area (Å²) >= 11 is 9.45. The van der Waals surface area contributed by atoms with Crippen LogP contribution in [0.3, 0.4) is 0 Å². The summed E-state index contributed by atoms with van der Waals surface area (Å²) in [5.74, 6) is -1.86. The third-order valence-electron chi connectivity index (χ3n) is 5.26. The van der Waals surface area contributed by atoms with E-state index in [1.54, 1.807) is 67.0 Å². The van der Waals surface area contributed by atoms with Crippen LogP contribution in [0.5, 0.6) is 0 Å². The second kappa shape index (κ2) is 7.93. The van der Waals surface area contributed by atoms with E-state index < -0.39 is 23.5 Å². The molecule has 32 heavy (non-hydrogen) atoms. The molecule has 8 heteroatoms. The molecular weight excluding hydrogens is 496 g/mol. The van der Waals surface area contributed by atoms with E-state index in [-0.39, 0.29) is 11.3 Å². The number of nitrogens with zero attached hydrogens (tertiary/aromatic N) is 2. The number of aliphatic hydroxyl groups is 1. The van der Waals surface area contributed by atoms with Crippen molar-refractivity contribution < 1.29 is 19.1 Å². The third kappa shape index (κ3) is 3.39. The number of hydrogen-bond acceptors (Lipinski definition) is 5. The Bertz CT molecular complexity index is 1410. The third-order valence-corrected chi connectivity index (χ3v) is 5.99. The molecule has 158 valence electrons. The predicted octanol–water partition coefficient (Wildman–Crippen LogP) is 6.03. The van der Waals surface area contributed by atoms with Crippen LogP contribution in [0.4, 0.5) is 5.69 Å². The number of carbonyl (C=O) groups excluding carboxylic acids is 2. The summed E-state index contributed by atoms with van der Waals surface area (Å²) in [5.41, 5.74) is 1.56. The maximum absolute atomic E-state index is 13.5. The average molecular weight is 510 g/mol. The Morgan fingerprint density at radius 3 is 2.62 bits per heavy atom. The molecular formula is C24H14BrClN2O4. The molecule has 0 aliphatic carbocycles. The Hall–Kier alpha value is -3.42. The summed E-state index contributed by atoms with van der Waals surface area (Å²) in [6.07, 6.45) is 3.14. The molecule has 0 fully saturated rings. The predicted molar refractivity (Wildman–Crippen MR) is 124 cm³/mol. The summed E-state index contributed by atoms with van der Waals surface area (Å²) in [4.78, 5) is 32.1. The number of Topliss-reactive ketones (excluding diaryl/α,β-unsaturated/α-hetero) is 1. The van der Waals surface area contributed by atoms with Crippen LogP contribution in [-0.4, -0.2) is 21.8 Å². The largest absolute Gasteiger partial charge is 0.503 e. The molecule has 3 heterocycles. The van der Waals surface area contributed by atoms with Crippen molar-refractivity contribution >= 4 is 55.9 Å². The standard InChI is InChI=1S/C24H14BrClN2O4/c25-15-2-1-3-17(12-15)28-21(13-6-8-27-9-7-13)20(23(30)24(28)31)22(29)19-11-14-10-16(26)4-5-18(14)32-19/h1-12,21,30H. The number of ketones is 1. The maximum Gasteiger partial charge on any atom is 0.294 e. The van der Waals surface area contributed by atoms with Gasteiger partial charge in [0.1, 0.15) is 5.58 Å². The summed E-state index contributed by atoms with van der Waals surface area (Å²) in [5, 5.41) is 12.0. The quantitative estimate of drug-likeness (QED) is 0.340. The highest BCUT2D eigenvalue weighted by Gasteiger charge is 2.45. The Morgan fingerprint density at radius 2 is 1.88 bits per heavy atom. The van der Waals surface area contributed by atoms with Crippen LogP contribution in [0.1, 0.15) is 22.2 Å². The first-order valence-electron chi connectivity index (χ1n) is 9.60. The molecule has 1 unspecified atom stereocenters. The smallest absolute Gasteiger partial charge is 0.294 e. The summed E-state index contributed by atoms with van der Waals surface area (Å²) in [6.45, 7) is 0. The number of carbonyl (C=O) groups is 2. The zero-order valence-electron chi connectivity index (χ0n) is 16.3. The topological polar surface area (TPSA) is 83.6 Å². The SMILES string of the molecule is O=C(C1=C(O)C(=O)N(c2cccc(Br)c2)C1c1ccncc1)c1cc2cc(Cl)ccc2o1. The molecule has 1 aliphatic rings. The van der Waals surface area contributed by atoms with E-state index in [1.807, 2.05) is 6.07 Å². The molecule has 2 aromatic heterocycles. The lowest BCUT2D eigenvalue weighted by Crippen LogP contribution is -2.31. The van der Waals surface area contributed by atoms with Crippen molar-refractivity contribution in [3.05, 3.63) is 105 Å². The maximum atomic E-state index is 13.5. The van der Waals surface area contributed by atoms with Gasteiger partial charge in [-0.2, -0.15) is 0 Å². The lowest BCUT2D eigenvalue weighted by atomic mass is 9.95. The Morgan fingerprint density at radius 1 is 1.09 bits per heavy atom. The number of rotatable bonds is 4. The molecule has 0 spiro atoms. The van der Waals surface area contributed by atoms with Crippen molar-refractivity contribution in [2.45, 2.75) is 6.04 Å². The van der Waals surface area contributed by atoms with Gasteiger partial charge < -0.3 is 9.52 Å². The van der Waals surface area contributed by atoms with E-state index in [1.165, 1.54) is 4.90 Å². The van der Waals surface area contributed by atoms with Gasteiger partial charge in [-0.1, -0.05) is 33.6 Å². The number of aromatic nitrogens is 1. The Balaban J connectivity index is 1.66. The lowest BCUT2D eigenvalue weighted by molar-refractivity contribution is -0.117. The number of furan rings is 1. The van der Waals surface area contributed by atoms with E-state index >= 15 is 0 Å². The fraction of sp³-hybridized carbons (Fsp3) is 0.0417. The average Bonchev–Trinajstić information content (AvgIpc) is 3.32. The highest BCUT2D eigenvalue weighted by molar-refractivity contribution is 9.10. The molecule has 1 amide bonds. The van der Waals surface area contributed by atoms with Crippen molar-refractivity contribution in [3.63, 3.8) is 0 Å². The van der Waals surface area contributed by atoms with Gasteiger partial charge in [-0.25, -0.2) is 0 Å². The van der Waals surface area contributed by atoms with E-state index in [0.29, 0.717) is 27.2 Å². The van der Waals surface area contributed by atoms with E-state index in [9.17, 15) is 14.7 Å². The summed E-state index contributed by atoms with van der Waals surface area (Å²) < 4.78 is 6.48. The van der Waals surface area contributed by atoms with Crippen molar-refractivity contribution in [2.24, 2.45) is 0 Å². The number of amides is 1. The normalized spacial score (nSPS) is 16.2. The molecule has 4 aromatic rings. The van der Waals surface area contributed by atoms with Gasteiger partial charge in [0.15, 0.2) is 11.5 Å². The van der Waals surface area contributed by atoms with Gasteiger partial charge in [0.05, 0.1) is 11.6 Å². The molecule has 1 atom stereocenters. The highest BCUT2D eigenvalue weighted by Crippen LogP contribution is 2.42.